The number of benzene rings is 1. The lowest BCUT2D eigenvalue weighted by molar-refractivity contribution is 0.406. The van der Waals surface area contributed by atoms with Gasteiger partial charge in [-0.25, -0.2) is 0 Å². The highest BCUT2D eigenvalue weighted by molar-refractivity contribution is 5.54. The van der Waals surface area contributed by atoms with Crippen LogP contribution in [-0.2, 0) is 0 Å². The van der Waals surface area contributed by atoms with E-state index in [1.54, 1.807) is 7.11 Å². The third-order valence-electron chi connectivity index (χ3n) is 3.55. The van der Waals surface area contributed by atoms with Gasteiger partial charge in [-0.3, -0.25) is 0 Å². The number of likely N-dealkylation sites (N-methyl/N-ethyl adjacent to an activating group) is 1. The molecule has 17 heavy (non-hydrogen) atoms. The largest absolute Gasteiger partial charge is 0.496 e. The number of ether oxygens (including phenoxy) is 1. The van der Waals surface area contributed by atoms with Gasteiger partial charge in [-0.15, -0.1) is 0 Å². The average Bonchev–Trinajstić information content (AvgIpc) is 2.25. The van der Waals surface area contributed by atoms with Crippen molar-refractivity contribution < 1.29 is 4.74 Å². The van der Waals surface area contributed by atoms with Gasteiger partial charge in [0.2, 0.25) is 0 Å². The molecule has 0 spiro atoms. The molecule has 1 saturated heterocycles. The van der Waals surface area contributed by atoms with Gasteiger partial charge in [0.1, 0.15) is 5.75 Å². The minimum absolute atomic E-state index is 0.484. The second-order valence-corrected chi connectivity index (χ2v) is 5.00. The minimum atomic E-state index is 0.484. The molecule has 1 aliphatic rings. The molecule has 3 heteroatoms. The summed E-state index contributed by atoms with van der Waals surface area (Å²) in [5.41, 5.74) is 2.56. The molecule has 0 bridgehead atoms. The SMILES string of the molecule is COc1ccc(N(C)C2CNC2)cc1C(C)C. The predicted molar refractivity (Wildman–Crippen MR) is 72.1 cm³/mol. The Morgan fingerprint density at radius 3 is 2.53 bits per heavy atom. The lowest BCUT2D eigenvalue weighted by Gasteiger charge is -2.37. The number of hydrogen-bond donors (Lipinski definition) is 1. The fraction of sp³-hybridized carbons (Fsp3) is 0.571. The Hall–Kier alpha value is -1.22. The van der Waals surface area contributed by atoms with E-state index < -0.39 is 0 Å². The minimum Gasteiger partial charge on any atom is -0.496 e. The van der Waals surface area contributed by atoms with E-state index in [0.717, 1.165) is 18.8 Å². The van der Waals surface area contributed by atoms with Crippen LogP contribution in [0.5, 0.6) is 5.75 Å². The summed E-state index contributed by atoms with van der Waals surface area (Å²) >= 11 is 0. The van der Waals surface area contributed by atoms with Crippen LogP contribution >= 0.6 is 0 Å². The van der Waals surface area contributed by atoms with Crippen molar-refractivity contribution in [3.63, 3.8) is 0 Å². The molecule has 1 aromatic rings. The first-order valence-electron chi connectivity index (χ1n) is 6.25. The molecule has 2 rings (SSSR count). The summed E-state index contributed by atoms with van der Waals surface area (Å²) in [6.07, 6.45) is 0. The maximum Gasteiger partial charge on any atom is 0.122 e. The van der Waals surface area contributed by atoms with Gasteiger partial charge in [0.15, 0.2) is 0 Å². The average molecular weight is 234 g/mol. The molecule has 1 aliphatic heterocycles. The summed E-state index contributed by atoms with van der Waals surface area (Å²) in [7, 11) is 3.90. The summed E-state index contributed by atoms with van der Waals surface area (Å²) in [4.78, 5) is 2.35. The Balaban J connectivity index is 2.26. The summed E-state index contributed by atoms with van der Waals surface area (Å²) in [5.74, 6) is 1.47. The number of nitrogens with one attached hydrogen (secondary N) is 1. The maximum atomic E-state index is 5.41. The standard InChI is InChI=1S/C14H22N2O/c1-10(2)13-7-11(5-6-14(13)17-4)16(3)12-8-15-9-12/h5-7,10,12,15H,8-9H2,1-4H3. The Morgan fingerprint density at radius 1 is 1.35 bits per heavy atom. The molecule has 0 saturated carbocycles. The fourth-order valence-electron chi connectivity index (χ4n) is 2.15. The number of hydrogen-bond acceptors (Lipinski definition) is 3. The van der Waals surface area contributed by atoms with Crippen molar-refractivity contribution in [3.8, 4) is 5.75 Å². The lowest BCUT2D eigenvalue weighted by Crippen LogP contribution is -2.56. The quantitative estimate of drug-likeness (QED) is 0.864. The van der Waals surface area contributed by atoms with Gasteiger partial charge >= 0.3 is 0 Å². The van der Waals surface area contributed by atoms with Crippen LogP contribution in [0.2, 0.25) is 0 Å². The highest BCUT2D eigenvalue weighted by atomic mass is 16.5. The summed E-state index contributed by atoms with van der Waals surface area (Å²) in [6, 6.07) is 7.10. The molecule has 0 radical (unpaired) electrons. The van der Waals surface area contributed by atoms with Crippen molar-refractivity contribution in [2.24, 2.45) is 0 Å². The molecule has 1 aromatic carbocycles. The first kappa shape index (κ1) is 12.2. The van der Waals surface area contributed by atoms with Gasteiger partial charge in [-0.2, -0.15) is 0 Å². The molecule has 1 N–H and O–H groups in total. The van der Waals surface area contributed by atoms with Gasteiger partial charge < -0.3 is 15.0 Å². The van der Waals surface area contributed by atoms with Crippen LogP contribution in [0.1, 0.15) is 25.3 Å². The molecular formula is C14H22N2O. The van der Waals surface area contributed by atoms with Crippen LogP contribution in [0.3, 0.4) is 0 Å². The molecule has 1 heterocycles. The zero-order valence-electron chi connectivity index (χ0n) is 11.2. The molecule has 3 nitrogen and oxygen atoms in total. The van der Waals surface area contributed by atoms with Crippen molar-refractivity contribution in [2.45, 2.75) is 25.8 Å². The summed E-state index contributed by atoms with van der Waals surface area (Å²) < 4.78 is 5.41. The van der Waals surface area contributed by atoms with Crippen LogP contribution in [0.15, 0.2) is 18.2 Å². The molecule has 1 fully saturated rings. The molecule has 0 amide bonds. The van der Waals surface area contributed by atoms with E-state index in [1.165, 1.54) is 11.3 Å². The number of methoxy groups -OCH3 is 1. The molecule has 0 atom stereocenters. The first-order chi connectivity index (χ1) is 8.13. The van der Waals surface area contributed by atoms with Crippen LogP contribution < -0.4 is 15.0 Å². The first-order valence-corrected chi connectivity index (χ1v) is 6.25. The van der Waals surface area contributed by atoms with Crippen LogP contribution in [0.25, 0.3) is 0 Å². The molecule has 0 aromatic heterocycles. The van der Waals surface area contributed by atoms with Gasteiger partial charge in [-0.1, -0.05) is 13.8 Å². The summed E-state index contributed by atoms with van der Waals surface area (Å²) in [5, 5.41) is 3.31. The second kappa shape index (κ2) is 4.96. The zero-order chi connectivity index (χ0) is 12.4. The molecule has 94 valence electrons. The molecule has 0 aliphatic carbocycles. The van der Waals surface area contributed by atoms with Gasteiger partial charge in [-0.05, 0) is 29.7 Å². The second-order valence-electron chi connectivity index (χ2n) is 5.00. The number of rotatable bonds is 4. The van der Waals surface area contributed by atoms with E-state index >= 15 is 0 Å². The number of anilines is 1. The van der Waals surface area contributed by atoms with Crippen molar-refractivity contribution in [2.75, 3.05) is 32.1 Å². The van der Waals surface area contributed by atoms with Crippen molar-refractivity contribution >= 4 is 5.69 Å². The predicted octanol–water partition coefficient (Wildman–Crippen LogP) is 2.23. The zero-order valence-corrected chi connectivity index (χ0v) is 11.2. The van der Waals surface area contributed by atoms with Crippen molar-refractivity contribution in [3.05, 3.63) is 23.8 Å². The Bertz CT molecular complexity index is 386. The Morgan fingerprint density at radius 2 is 2.06 bits per heavy atom. The van der Waals surface area contributed by atoms with Gasteiger partial charge in [0, 0.05) is 25.8 Å². The van der Waals surface area contributed by atoms with Crippen LogP contribution in [0, 0.1) is 0 Å². The topological polar surface area (TPSA) is 24.5 Å². The third-order valence-corrected chi connectivity index (χ3v) is 3.55. The fourth-order valence-corrected chi connectivity index (χ4v) is 2.15. The van der Waals surface area contributed by atoms with Crippen molar-refractivity contribution in [1.29, 1.82) is 0 Å². The van der Waals surface area contributed by atoms with E-state index in [-0.39, 0.29) is 0 Å². The van der Waals surface area contributed by atoms with E-state index in [4.69, 9.17) is 4.74 Å². The van der Waals surface area contributed by atoms with Crippen LogP contribution in [0.4, 0.5) is 5.69 Å². The molecule has 0 unspecified atom stereocenters. The van der Waals surface area contributed by atoms with Crippen molar-refractivity contribution in [1.82, 2.24) is 5.32 Å². The Kier molecular flexibility index (Phi) is 3.57. The highest BCUT2D eigenvalue weighted by Crippen LogP contribution is 2.31. The van der Waals surface area contributed by atoms with Gasteiger partial charge in [0.05, 0.1) is 13.2 Å². The van der Waals surface area contributed by atoms with E-state index in [2.05, 4.69) is 49.3 Å². The van der Waals surface area contributed by atoms with E-state index in [1.807, 2.05) is 0 Å². The van der Waals surface area contributed by atoms with E-state index in [9.17, 15) is 0 Å². The van der Waals surface area contributed by atoms with Gasteiger partial charge in [0.25, 0.3) is 0 Å². The normalized spacial score (nSPS) is 15.8. The van der Waals surface area contributed by atoms with E-state index in [0.29, 0.717) is 12.0 Å². The maximum absolute atomic E-state index is 5.41. The smallest absolute Gasteiger partial charge is 0.122 e. The molecular weight excluding hydrogens is 212 g/mol. The summed E-state index contributed by atoms with van der Waals surface area (Å²) in [6.45, 7) is 6.57. The Labute approximate surface area is 104 Å². The highest BCUT2D eigenvalue weighted by Gasteiger charge is 2.22. The third kappa shape index (κ3) is 2.39. The monoisotopic (exact) mass is 234 g/mol. The number of nitrogens with zero attached hydrogens (tertiary/aromatic N) is 1. The lowest BCUT2D eigenvalue weighted by atomic mass is 10.0. The van der Waals surface area contributed by atoms with Crippen LogP contribution in [-0.4, -0.2) is 33.3 Å².